The molecule has 6 atom stereocenters. The smallest absolute Gasteiger partial charge is 0.310 e. The van der Waals surface area contributed by atoms with E-state index < -0.39 is 28.7 Å². The van der Waals surface area contributed by atoms with E-state index >= 15 is 0 Å². The number of nitrogens with zero attached hydrogens (tertiary/aromatic N) is 3. The summed E-state index contributed by atoms with van der Waals surface area (Å²) in [7, 11) is 0. The van der Waals surface area contributed by atoms with Crippen LogP contribution in [0.15, 0.2) is 36.9 Å². The van der Waals surface area contributed by atoms with Gasteiger partial charge < -0.3 is 24.5 Å². The molecule has 4 rings (SSSR count). The second-order valence-corrected chi connectivity index (χ2v) is 11.6. The fourth-order valence-electron chi connectivity index (χ4n) is 6.47. The van der Waals surface area contributed by atoms with Crippen molar-refractivity contribution in [1.82, 2.24) is 4.90 Å². The van der Waals surface area contributed by atoms with Crippen LogP contribution >= 0.6 is 11.8 Å². The number of esters is 1. The molecule has 1 aromatic carbocycles. The Kier molecular flexibility index (Phi) is 8.23. The molecule has 8 nitrogen and oxygen atoms in total. The Morgan fingerprint density at radius 1 is 1.24 bits per heavy atom. The van der Waals surface area contributed by atoms with Gasteiger partial charge in [0.2, 0.25) is 5.91 Å². The average Bonchev–Trinajstić information content (AvgIpc) is 3.55. The van der Waals surface area contributed by atoms with Crippen molar-refractivity contribution >= 4 is 40.9 Å². The van der Waals surface area contributed by atoms with Crippen molar-refractivity contribution in [2.45, 2.75) is 62.6 Å². The Bertz CT molecular complexity index is 1030. The summed E-state index contributed by atoms with van der Waals surface area (Å²) in [6.07, 6.45) is 3.11. The highest BCUT2D eigenvalue weighted by molar-refractivity contribution is 8.02. The van der Waals surface area contributed by atoms with Gasteiger partial charge in [-0.05, 0) is 64.8 Å². The van der Waals surface area contributed by atoms with Crippen molar-refractivity contribution in [3.05, 3.63) is 36.9 Å². The molecule has 3 heterocycles. The van der Waals surface area contributed by atoms with Crippen molar-refractivity contribution in [2.24, 2.45) is 11.8 Å². The molecular weight excluding hydrogens is 490 g/mol. The molecule has 9 heteroatoms. The summed E-state index contributed by atoms with van der Waals surface area (Å²) in [5.74, 6) is -2.00. The van der Waals surface area contributed by atoms with Gasteiger partial charge in [0, 0.05) is 36.3 Å². The summed E-state index contributed by atoms with van der Waals surface area (Å²) in [6.45, 7) is 13.6. The van der Waals surface area contributed by atoms with Crippen LogP contribution in [0.3, 0.4) is 0 Å². The fraction of sp³-hybridized carbons (Fsp3) is 0.607. The normalized spacial score (nSPS) is 28.7. The number of carbonyl (C=O) groups excluding carboxylic acids is 3. The quantitative estimate of drug-likeness (QED) is 0.348. The lowest BCUT2D eigenvalue weighted by molar-refractivity contribution is -0.154. The number of aliphatic hydroxyl groups excluding tert-OH is 1. The minimum Gasteiger partial charge on any atom is -0.466 e. The predicted octanol–water partition coefficient (Wildman–Crippen LogP) is 3.09. The number of ether oxygens (including phenoxy) is 1. The van der Waals surface area contributed by atoms with Crippen LogP contribution < -0.4 is 9.80 Å². The molecule has 2 bridgehead atoms. The van der Waals surface area contributed by atoms with Crippen LogP contribution in [-0.4, -0.2) is 82.7 Å². The van der Waals surface area contributed by atoms with E-state index in [-0.39, 0.29) is 42.8 Å². The zero-order chi connectivity index (χ0) is 26.9. The molecule has 0 aliphatic carbocycles. The highest BCUT2D eigenvalue weighted by Gasteiger charge is 2.74. The molecular formula is C28H39N3O5S. The number of thioether (sulfide) groups is 1. The third kappa shape index (κ3) is 4.44. The van der Waals surface area contributed by atoms with Gasteiger partial charge in [-0.1, -0.05) is 6.08 Å². The fourth-order valence-corrected chi connectivity index (χ4v) is 8.66. The van der Waals surface area contributed by atoms with E-state index in [1.807, 2.05) is 24.3 Å². The van der Waals surface area contributed by atoms with Gasteiger partial charge in [0.05, 0.1) is 35.8 Å². The molecule has 202 valence electrons. The standard InChI is InChI=1S/C28H39N3O5S/c1-6-16-30(20-12-10-19(11-13-20)29(7-2)8-3)26(34)24-28-15-14-21(37-28)22(27(35)36-9-4)23(28)25(33)31(24)18(5)17-32/h6,10-13,18,21-24,32H,1,7-9,14-17H2,2-5H3/t18-,21-,22+,23+,24?,28?/m1/s1. The first kappa shape index (κ1) is 27.5. The Balaban J connectivity index is 1.74. The first-order valence-electron chi connectivity index (χ1n) is 13.3. The van der Waals surface area contributed by atoms with Gasteiger partial charge in [0.25, 0.3) is 5.91 Å². The summed E-state index contributed by atoms with van der Waals surface area (Å²) in [5.41, 5.74) is 1.80. The van der Waals surface area contributed by atoms with Crippen molar-refractivity contribution in [3.8, 4) is 0 Å². The second kappa shape index (κ2) is 11.1. The third-order valence-electron chi connectivity index (χ3n) is 8.14. The zero-order valence-corrected chi connectivity index (χ0v) is 23.1. The number of fused-ring (bicyclic) bond motifs is 1. The summed E-state index contributed by atoms with van der Waals surface area (Å²) in [5, 5.41) is 10.0. The zero-order valence-electron chi connectivity index (χ0n) is 22.3. The Morgan fingerprint density at radius 2 is 1.89 bits per heavy atom. The summed E-state index contributed by atoms with van der Waals surface area (Å²) in [4.78, 5) is 46.8. The van der Waals surface area contributed by atoms with Crippen LogP contribution in [0.25, 0.3) is 0 Å². The number of hydrogen-bond acceptors (Lipinski definition) is 7. The van der Waals surface area contributed by atoms with Gasteiger partial charge in [-0.25, -0.2) is 0 Å². The maximum absolute atomic E-state index is 14.4. The number of likely N-dealkylation sites (tertiary alicyclic amines) is 1. The molecule has 2 amide bonds. The topological polar surface area (TPSA) is 90.4 Å². The van der Waals surface area contributed by atoms with E-state index in [9.17, 15) is 19.5 Å². The van der Waals surface area contributed by atoms with Crippen LogP contribution in [0.2, 0.25) is 0 Å². The lowest BCUT2D eigenvalue weighted by Crippen LogP contribution is -2.57. The van der Waals surface area contributed by atoms with Crippen LogP contribution in [0.1, 0.15) is 40.5 Å². The van der Waals surface area contributed by atoms with E-state index in [1.54, 1.807) is 41.5 Å². The SMILES string of the molecule is C=CCN(C(=O)C1N([C@H](C)CO)C(=O)[C@@H]2[C@@H](C(=O)OCC)[C@H]3CCC12S3)c1ccc(N(CC)CC)cc1. The number of amides is 2. The highest BCUT2D eigenvalue weighted by Crippen LogP contribution is 2.67. The lowest BCUT2D eigenvalue weighted by atomic mass is 9.71. The number of aliphatic hydroxyl groups is 1. The molecule has 3 saturated heterocycles. The van der Waals surface area contributed by atoms with Gasteiger partial charge >= 0.3 is 5.97 Å². The molecule has 0 aromatic heterocycles. The van der Waals surface area contributed by atoms with E-state index in [0.29, 0.717) is 6.42 Å². The van der Waals surface area contributed by atoms with Crippen molar-refractivity contribution in [2.75, 3.05) is 42.6 Å². The Labute approximate surface area is 224 Å². The maximum atomic E-state index is 14.4. The largest absolute Gasteiger partial charge is 0.466 e. The number of carbonyl (C=O) groups is 3. The van der Waals surface area contributed by atoms with Gasteiger partial charge in [0.1, 0.15) is 6.04 Å². The molecule has 0 saturated carbocycles. The first-order chi connectivity index (χ1) is 17.8. The van der Waals surface area contributed by atoms with E-state index in [0.717, 1.165) is 30.9 Å². The van der Waals surface area contributed by atoms with Gasteiger partial charge in [0.15, 0.2) is 0 Å². The summed E-state index contributed by atoms with van der Waals surface area (Å²) < 4.78 is 4.65. The molecule has 2 unspecified atom stereocenters. The maximum Gasteiger partial charge on any atom is 0.310 e. The average molecular weight is 530 g/mol. The molecule has 37 heavy (non-hydrogen) atoms. The van der Waals surface area contributed by atoms with Crippen LogP contribution in [-0.2, 0) is 19.1 Å². The highest BCUT2D eigenvalue weighted by atomic mass is 32.2. The van der Waals surface area contributed by atoms with Crippen molar-refractivity contribution in [3.63, 3.8) is 0 Å². The predicted molar refractivity (Wildman–Crippen MR) is 147 cm³/mol. The molecule has 3 aliphatic heterocycles. The first-order valence-corrected chi connectivity index (χ1v) is 14.2. The van der Waals surface area contributed by atoms with E-state index in [2.05, 4.69) is 25.3 Å². The lowest BCUT2D eigenvalue weighted by Gasteiger charge is -2.39. The van der Waals surface area contributed by atoms with Crippen LogP contribution in [0.5, 0.6) is 0 Å². The number of benzene rings is 1. The molecule has 3 aliphatic rings. The third-order valence-corrected chi connectivity index (χ3v) is 10.1. The van der Waals surface area contributed by atoms with Crippen LogP contribution in [0, 0.1) is 11.8 Å². The number of rotatable bonds is 11. The Morgan fingerprint density at radius 3 is 2.46 bits per heavy atom. The van der Waals surface area contributed by atoms with Gasteiger partial charge in [-0.15, -0.1) is 18.3 Å². The molecule has 0 radical (unpaired) electrons. The molecule has 3 fully saturated rings. The van der Waals surface area contributed by atoms with Crippen molar-refractivity contribution < 1.29 is 24.2 Å². The Hall–Kier alpha value is -2.52. The molecule has 1 aromatic rings. The number of hydrogen-bond donors (Lipinski definition) is 1. The van der Waals surface area contributed by atoms with Gasteiger partial charge in [-0.2, -0.15) is 0 Å². The van der Waals surface area contributed by atoms with E-state index in [1.165, 1.54) is 0 Å². The monoisotopic (exact) mass is 529 g/mol. The summed E-state index contributed by atoms with van der Waals surface area (Å²) >= 11 is 1.60. The molecule has 1 spiro atoms. The van der Waals surface area contributed by atoms with E-state index in [4.69, 9.17) is 4.74 Å². The second-order valence-electron chi connectivity index (χ2n) is 10.0. The molecule has 1 N–H and O–H groups in total. The minimum atomic E-state index is -0.788. The minimum absolute atomic E-state index is 0.0453. The summed E-state index contributed by atoms with van der Waals surface area (Å²) in [6, 6.07) is 6.53. The van der Waals surface area contributed by atoms with Crippen molar-refractivity contribution in [1.29, 1.82) is 0 Å². The number of anilines is 2. The van der Waals surface area contributed by atoms with Gasteiger partial charge in [-0.3, -0.25) is 14.4 Å². The van der Waals surface area contributed by atoms with Crippen LogP contribution in [0.4, 0.5) is 11.4 Å².